The SMILES string of the molecule is [CH2]CCC(O)c1ccc(OCc2ccccc2)c(OCc2ccccc2)c1. The summed E-state index contributed by atoms with van der Waals surface area (Å²) in [6, 6.07) is 25.6. The van der Waals surface area contributed by atoms with E-state index in [1.807, 2.05) is 78.9 Å². The maximum atomic E-state index is 10.3. The number of benzene rings is 3. The van der Waals surface area contributed by atoms with E-state index in [0.29, 0.717) is 37.6 Å². The van der Waals surface area contributed by atoms with Crippen LogP contribution in [0.1, 0.15) is 35.6 Å². The van der Waals surface area contributed by atoms with Crippen LogP contribution < -0.4 is 9.47 Å². The lowest BCUT2D eigenvalue weighted by atomic mass is 10.0. The molecule has 0 fully saturated rings. The van der Waals surface area contributed by atoms with Crippen molar-refractivity contribution in [2.24, 2.45) is 0 Å². The van der Waals surface area contributed by atoms with Crippen molar-refractivity contribution < 1.29 is 14.6 Å². The fourth-order valence-electron chi connectivity index (χ4n) is 2.79. The second kappa shape index (κ2) is 9.79. The zero-order chi connectivity index (χ0) is 18.9. The quantitative estimate of drug-likeness (QED) is 0.547. The van der Waals surface area contributed by atoms with Crippen LogP contribution in [0.25, 0.3) is 0 Å². The Balaban J connectivity index is 1.77. The third-order valence-corrected chi connectivity index (χ3v) is 4.30. The Morgan fingerprint density at radius 2 is 1.30 bits per heavy atom. The van der Waals surface area contributed by atoms with Crippen molar-refractivity contribution >= 4 is 0 Å². The summed E-state index contributed by atoms with van der Waals surface area (Å²) in [5.41, 5.74) is 2.98. The molecule has 0 aliphatic rings. The lowest BCUT2D eigenvalue weighted by Crippen LogP contribution is -2.03. The molecule has 3 aromatic rings. The third-order valence-electron chi connectivity index (χ3n) is 4.30. The van der Waals surface area contributed by atoms with E-state index in [1.54, 1.807) is 0 Å². The maximum absolute atomic E-state index is 10.3. The van der Waals surface area contributed by atoms with Crippen LogP contribution in [0.2, 0.25) is 0 Å². The molecule has 3 aromatic carbocycles. The van der Waals surface area contributed by atoms with Crippen molar-refractivity contribution in [1.29, 1.82) is 0 Å². The van der Waals surface area contributed by atoms with Gasteiger partial charge < -0.3 is 14.6 Å². The molecule has 27 heavy (non-hydrogen) atoms. The average Bonchev–Trinajstić information content (AvgIpc) is 2.72. The molecular weight excluding hydrogens is 336 g/mol. The molecule has 1 unspecified atom stereocenters. The van der Waals surface area contributed by atoms with E-state index in [0.717, 1.165) is 16.7 Å². The van der Waals surface area contributed by atoms with Crippen LogP contribution in [-0.2, 0) is 13.2 Å². The van der Waals surface area contributed by atoms with Gasteiger partial charge in [-0.05, 0) is 35.2 Å². The molecular formula is C24H25O3. The highest BCUT2D eigenvalue weighted by Crippen LogP contribution is 2.33. The highest BCUT2D eigenvalue weighted by Gasteiger charge is 2.12. The summed E-state index contributed by atoms with van der Waals surface area (Å²) in [6.45, 7) is 4.72. The van der Waals surface area contributed by atoms with E-state index in [2.05, 4.69) is 6.92 Å². The molecule has 0 aliphatic heterocycles. The van der Waals surface area contributed by atoms with Crippen LogP contribution in [0.15, 0.2) is 78.9 Å². The molecule has 0 saturated carbocycles. The first-order valence-electron chi connectivity index (χ1n) is 9.21. The molecule has 139 valence electrons. The van der Waals surface area contributed by atoms with Crippen molar-refractivity contribution in [3.8, 4) is 11.5 Å². The molecule has 1 atom stereocenters. The highest BCUT2D eigenvalue weighted by molar-refractivity contribution is 5.44. The normalized spacial score (nSPS) is 11.8. The fourth-order valence-corrected chi connectivity index (χ4v) is 2.79. The standard InChI is InChI=1S/C24H25O3/c1-2-9-22(25)21-14-15-23(26-17-19-10-5-3-6-11-19)24(16-21)27-18-20-12-7-4-8-13-20/h3-8,10-16,22,25H,1-2,9,17-18H2. The van der Waals surface area contributed by atoms with Gasteiger partial charge in [-0.25, -0.2) is 0 Å². The lowest BCUT2D eigenvalue weighted by Gasteiger charge is -2.16. The number of aliphatic hydroxyl groups is 1. The first kappa shape index (κ1) is 19.0. The zero-order valence-corrected chi connectivity index (χ0v) is 15.4. The Morgan fingerprint density at radius 1 is 0.741 bits per heavy atom. The summed E-state index contributed by atoms with van der Waals surface area (Å²) < 4.78 is 12.0. The molecule has 0 amide bonds. The van der Waals surface area contributed by atoms with Gasteiger partial charge >= 0.3 is 0 Å². The van der Waals surface area contributed by atoms with E-state index in [4.69, 9.17) is 9.47 Å². The molecule has 3 heteroatoms. The lowest BCUT2D eigenvalue weighted by molar-refractivity contribution is 0.167. The van der Waals surface area contributed by atoms with Gasteiger partial charge in [0.1, 0.15) is 13.2 Å². The predicted octanol–water partition coefficient (Wildman–Crippen LogP) is 5.49. The molecule has 0 saturated heterocycles. The number of aliphatic hydroxyl groups excluding tert-OH is 1. The predicted molar refractivity (Wildman–Crippen MR) is 108 cm³/mol. The van der Waals surface area contributed by atoms with Crippen LogP contribution >= 0.6 is 0 Å². The Labute approximate surface area is 161 Å². The van der Waals surface area contributed by atoms with Crippen LogP contribution in [0, 0.1) is 6.92 Å². The number of hydrogen-bond acceptors (Lipinski definition) is 3. The van der Waals surface area contributed by atoms with E-state index in [9.17, 15) is 5.11 Å². The smallest absolute Gasteiger partial charge is 0.162 e. The third kappa shape index (κ3) is 5.60. The van der Waals surface area contributed by atoms with Gasteiger partial charge in [0.25, 0.3) is 0 Å². The summed E-state index contributed by atoms with van der Waals surface area (Å²) in [6.07, 6.45) is 0.737. The summed E-state index contributed by atoms with van der Waals surface area (Å²) in [5, 5.41) is 10.3. The average molecular weight is 361 g/mol. The first-order chi connectivity index (χ1) is 13.3. The van der Waals surface area contributed by atoms with E-state index in [-0.39, 0.29) is 0 Å². The monoisotopic (exact) mass is 361 g/mol. The molecule has 0 bridgehead atoms. The summed E-state index contributed by atoms with van der Waals surface area (Å²) in [7, 11) is 0. The molecule has 0 spiro atoms. The minimum absolute atomic E-state index is 0.442. The van der Waals surface area contributed by atoms with Crippen LogP contribution in [-0.4, -0.2) is 5.11 Å². The van der Waals surface area contributed by atoms with Gasteiger partial charge in [0.15, 0.2) is 11.5 Å². The molecule has 0 aromatic heterocycles. The van der Waals surface area contributed by atoms with Gasteiger partial charge in [0, 0.05) is 0 Å². The second-order valence-electron chi connectivity index (χ2n) is 6.41. The van der Waals surface area contributed by atoms with Crippen LogP contribution in [0.3, 0.4) is 0 Å². The Kier molecular flexibility index (Phi) is 6.89. The summed E-state index contributed by atoms with van der Waals surface area (Å²) in [5.74, 6) is 1.30. The summed E-state index contributed by atoms with van der Waals surface area (Å²) >= 11 is 0. The van der Waals surface area contributed by atoms with Crippen molar-refractivity contribution in [3.63, 3.8) is 0 Å². The van der Waals surface area contributed by atoms with E-state index < -0.39 is 6.10 Å². The van der Waals surface area contributed by atoms with Crippen LogP contribution in [0.5, 0.6) is 11.5 Å². The molecule has 0 aliphatic carbocycles. The highest BCUT2D eigenvalue weighted by atomic mass is 16.5. The van der Waals surface area contributed by atoms with Crippen molar-refractivity contribution in [3.05, 3.63) is 102 Å². The first-order valence-corrected chi connectivity index (χ1v) is 9.21. The van der Waals surface area contributed by atoms with Crippen molar-refractivity contribution in [2.45, 2.75) is 32.2 Å². The van der Waals surface area contributed by atoms with E-state index in [1.165, 1.54) is 0 Å². The number of rotatable bonds is 9. The Bertz CT molecular complexity index is 816. The number of hydrogen-bond donors (Lipinski definition) is 1. The Morgan fingerprint density at radius 3 is 1.85 bits per heavy atom. The topological polar surface area (TPSA) is 38.7 Å². The summed E-state index contributed by atoms with van der Waals surface area (Å²) in [4.78, 5) is 0. The number of ether oxygens (including phenoxy) is 2. The minimum atomic E-state index is -0.551. The van der Waals surface area contributed by atoms with Gasteiger partial charge in [-0.15, -0.1) is 0 Å². The largest absolute Gasteiger partial charge is 0.485 e. The van der Waals surface area contributed by atoms with Gasteiger partial charge in [0.05, 0.1) is 6.10 Å². The van der Waals surface area contributed by atoms with Gasteiger partial charge in [-0.2, -0.15) is 0 Å². The van der Waals surface area contributed by atoms with Gasteiger partial charge in [-0.3, -0.25) is 0 Å². The fraction of sp³-hybridized carbons (Fsp3) is 0.208. The maximum Gasteiger partial charge on any atom is 0.162 e. The Hall–Kier alpha value is -2.78. The molecule has 3 rings (SSSR count). The molecule has 1 N–H and O–H groups in total. The second-order valence-corrected chi connectivity index (χ2v) is 6.41. The van der Waals surface area contributed by atoms with E-state index >= 15 is 0 Å². The van der Waals surface area contributed by atoms with Crippen molar-refractivity contribution in [2.75, 3.05) is 0 Å². The molecule has 0 heterocycles. The van der Waals surface area contributed by atoms with Crippen molar-refractivity contribution in [1.82, 2.24) is 0 Å². The minimum Gasteiger partial charge on any atom is -0.485 e. The van der Waals surface area contributed by atoms with Crippen LogP contribution in [0.4, 0.5) is 0 Å². The van der Waals surface area contributed by atoms with Gasteiger partial charge in [-0.1, -0.05) is 80.1 Å². The zero-order valence-electron chi connectivity index (χ0n) is 15.4. The van der Waals surface area contributed by atoms with Gasteiger partial charge in [0.2, 0.25) is 0 Å². The molecule has 1 radical (unpaired) electrons. The molecule has 3 nitrogen and oxygen atoms in total.